The van der Waals surface area contributed by atoms with E-state index in [1.165, 1.54) is 51.4 Å². The van der Waals surface area contributed by atoms with Gasteiger partial charge in [0.05, 0.1) is 6.10 Å². The number of aliphatic hydroxyl groups excluding tert-OH is 1. The predicted molar refractivity (Wildman–Crippen MR) is 68.3 cm³/mol. The molecule has 0 bridgehead atoms. The lowest BCUT2D eigenvalue weighted by molar-refractivity contribution is 0.0764. The van der Waals surface area contributed by atoms with Crippen molar-refractivity contribution in [3.05, 3.63) is 0 Å². The van der Waals surface area contributed by atoms with Crippen LogP contribution in [0.3, 0.4) is 0 Å². The molecule has 0 aromatic rings. The van der Waals surface area contributed by atoms with E-state index in [0.717, 1.165) is 30.6 Å². The molecule has 0 radical (unpaired) electrons. The second kappa shape index (κ2) is 6.05. The summed E-state index contributed by atoms with van der Waals surface area (Å²) < 4.78 is 0. The number of hydrogen-bond acceptors (Lipinski definition) is 1. The van der Waals surface area contributed by atoms with E-state index >= 15 is 0 Å². The van der Waals surface area contributed by atoms with Crippen LogP contribution in [-0.4, -0.2) is 11.2 Å². The minimum Gasteiger partial charge on any atom is -0.393 e. The highest BCUT2D eigenvalue weighted by molar-refractivity contribution is 4.81. The average Bonchev–Trinajstić information content (AvgIpc) is 2.32. The Morgan fingerprint density at radius 2 is 1.31 bits per heavy atom. The van der Waals surface area contributed by atoms with Gasteiger partial charge in [0.1, 0.15) is 0 Å². The summed E-state index contributed by atoms with van der Waals surface area (Å²) in [4.78, 5) is 0. The van der Waals surface area contributed by atoms with Crippen molar-refractivity contribution in [1.29, 1.82) is 0 Å². The van der Waals surface area contributed by atoms with E-state index < -0.39 is 0 Å². The van der Waals surface area contributed by atoms with Gasteiger partial charge in [-0.2, -0.15) is 0 Å². The summed E-state index contributed by atoms with van der Waals surface area (Å²) in [5, 5.41) is 9.54. The van der Waals surface area contributed by atoms with Gasteiger partial charge in [0.2, 0.25) is 0 Å². The first-order valence-corrected chi connectivity index (χ1v) is 7.47. The van der Waals surface area contributed by atoms with Crippen molar-refractivity contribution in [2.24, 2.45) is 17.8 Å². The fourth-order valence-corrected chi connectivity index (χ4v) is 3.93. The van der Waals surface area contributed by atoms with E-state index in [0.29, 0.717) is 0 Å². The fraction of sp³-hybridized carbons (Fsp3) is 1.00. The maximum absolute atomic E-state index is 9.54. The number of aliphatic hydroxyl groups is 1. The third-order valence-corrected chi connectivity index (χ3v) is 5.00. The highest BCUT2D eigenvalue weighted by atomic mass is 16.3. The largest absolute Gasteiger partial charge is 0.393 e. The molecular formula is C15H28O. The average molecular weight is 224 g/mol. The SMILES string of the molecule is CCCC1CCC(C2CCC(O)CC2)CC1. The molecule has 1 heteroatoms. The zero-order chi connectivity index (χ0) is 11.4. The lowest BCUT2D eigenvalue weighted by atomic mass is 9.70. The van der Waals surface area contributed by atoms with Crippen LogP contribution in [0.25, 0.3) is 0 Å². The molecule has 2 aliphatic carbocycles. The third kappa shape index (κ3) is 3.23. The molecular weight excluding hydrogens is 196 g/mol. The van der Waals surface area contributed by atoms with Gasteiger partial charge in [0.15, 0.2) is 0 Å². The summed E-state index contributed by atoms with van der Waals surface area (Å²) in [5.74, 6) is 2.99. The Labute approximate surface area is 101 Å². The Bertz CT molecular complexity index is 186. The number of hydrogen-bond donors (Lipinski definition) is 1. The molecule has 2 rings (SSSR count). The maximum atomic E-state index is 9.54. The van der Waals surface area contributed by atoms with Crippen LogP contribution >= 0.6 is 0 Å². The van der Waals surface area contributed by atoms with Gasteiger partial charge in [-0.1, -0.05) is 32.6 Å². The quantitative estimate of drug-likeness (QED) is 0.763. The van der Waals surface area contributed by atoms with Crippen LogP contribution in [0, 0.1) is 17.8 Å². The zero-order valence-corrected chi connectivity index (χ0v) is 10.8. The van der Waals surface area contributed by atoms with Crippen molar-refractivity contribution in [1.82, 2.24) is 0 Å². The lowest BCUT2D eigenvalue weighted by Gasteiger charge is -2.36. The molecule has 16 heavy (non-hydrogen) atoms. The Balaban J connectivity index is 1.72. The smallest absolute Gasteiger partial charge is 0.0540 e. The Kier molecular flexibility index (Phi) is 4.69. The first kappa shape index (κ1) is 12.4. The van der Waals surface area contributed by atoms with Crippen LogP contribution in [0.2, 0.25) is 0 Å². The molecule has 0 spiro atoms. The van der Waals surface area contributed by atoms with Gasteiger partial charge in [0, 0.05) is 0 Å². The van der Waals surface area contributed by atoms with Crippen LogP contribution < -0.4 is 0 Å². The maximum Gasteiger partial charge on any atom is 0.0540 e. The van der Waals surface area contributed by atoms with E-state index in [4.69, 9.17) is 0 Å². The zero-order valence-electron chi connectivity index (χ0n) is 10.8. The molecule has 0 aromatic carbocycles. The van der Waals surface area contributed by atoms with Gasteiger partial charge in [-0.3, -0.25) is 0 Å². The fourth-order valence-electron chi connectivity index (χ4n) is 3.93. The summed E-state index contributed by atoms with van der Waals surface area (Å²) in [5.41, 5.74) is 0. The third-order valence-electron chi connectivity index (χ3n) is 5.00. The molecule has 0 aliphatic heterocycles. The number of rotatable bonds is 3. The van der Waals surface area contributed by atoms with Gasteiger partial charge in [-0.25, -0.2) is 0 Å². The summed E-state index contributed by atoms with van der Waals surface area (Å²) in [6, 6.07) is 0. The van der Waals surface area contributed by atoms with Crippen molar-refractivity contribution in [2.75, 3.05) is 0 Å². The van der Waals surface area contributed by atoms with E-state index in [1.54, 1.807) is 0 Å². The van der Waals surface area contributed by atoms with Crippen molar-refractivity contribution in [3.63, 3.8) is 0 Å². The molecule has 2 aliphatic rings. The molecule has 0 heterocycles. The molecule has 0 saturated heterocycles. The van der Waals surface area contributed by atoms with E-state index in [2.05, 4.69) is 6.92 Å². The van der Waals surface area contributed by atoms with Gasteiger partial charge in [0.25, 0.3) is 0 Å². The van der Waals surface area contributed by atoms with Gasteiger partial charge in [-0.05, 0) is 56.3 Å². The van der Waals surface area contributed by atoms with Crippen molar-refractivity contribution < 1.29 is 5.11 Å². The molecule has 0 atom stereocenters. The summed E-state index contributed by atoms with van der Waals surface area (Å²) >= 11 is 0. The summed E-state index contributed by atoms with van der Waals surface area (Å²) in [7, 11) is 0. The standard InChI is InChI=1S/C15H28O/c1-2-3-12-4-6-13(7-5-12)14-8-10-15(16)11-9-14/h12-16H,2-11H2,1H3. The van der Waals surface area contributed by atoms with Crippen molar-refractivity contribution in [3.8, 4) is 0 Å². The molecule has 0 aromatic heterocycles. The molecule has 2 saturated carbocycles. The highest BCUT2D eigenvalue weighted by Gasteiger charge is 2.29. The highest BCUT2D eigenvalue weighted by Crippen LogP contribution is 2.40. The first-order chi connectivity index (χ1) is 7.79. The Morgan fingerprint density at radius 3 is 1.81 bits per heavy atom. The lowest BCUT2D eigenvalue weighted by Crippen LogP contribution is -2.27. The normalized spacial score (nSPS) is 40.9. The Hall–Kier alpha value is -0.0400. The van der Waals surface area contributed by atoms with Gasteiger partial charge < -0.3 is 5.11 Å². The van der Waals surface area contributed by atoms with Crippen LogP contribution in [0.1, 0.15) is 71.1 Å². The Morgan fingerprint density at radius 1 is 0.812 bits per heavy atom. The van der Waals surface area contributed by atoms with Crippen LogP contribution in [-0.2, 0) is 0 Å². The summed E-state index contributed by atoms with van der Waals surface area (Å²) in [6.07, 6.45) is 13.5. The van der Waals surface area contributed by atoms with Crippen LogP contribution in [0.15, 0.2) is 0 Å². The van der Waals surface area contributed by atoms with E-state index in [9.17, 15) is 5.11 Å². The minimum absolute atomic E-state index is 0.0210. The van der Waals surface area contributed by atoms with Crippen LogP contribution in [0.4, 0.5) is 0 Å². The predicted octanol–water partition coefficient (Wildman–Crippen LogP) is 4.14. The molecule has 0 amide bonds. The van der Waals surface area contributed by atoms with Gasteiger partial charge >= 0.3 is 0 Å². The summed E-state index contributed by atoms with van der Waals surface area (Å²) in [6.45, 7) is 2.31. The minimum atomic E-state index is 0.0210. The second-order valence-electron chi connectivity index (χ2n) is 6.14. The molecule has 1 N–H and O–H groups in total. The molecule has 94 valence electrons. The molecule has 2 fully saturated rings. The monoisotopic (exact) mass is 224 g/mol. The van der Waals surface area contributed by atoms with Crippen molar-refractivity contribution >= 4 is 0 Å². The van der Waals surface area contributed by atoms with Gasteiger partial charge in [-0.15, -0.1) is 0 Å². The van der Waals surface area contributed by atoms with Crippen LogP contribution in [0.5, 0.6) is 0 Å². The second-order valence-corrected chi connectivity index (χ2v) is 6.14. The van der Waals surface area contributed by atoms with Crippen molar-refractivity contribution in [2.45, 2.75) is 77.2 Å². The molecule has 0 unspecified atom stereocenters. The van der Waals surface area contributed by atoms with E-state index in [-0.39, 0.29) is 6.10 Å². The first-order valence-electron chi connectivity index (χ1n) is 7.47. The van der Waals surface area contributed by atoms with E-state index in [1.807, 2.05) is 0 Å². The molecule has 1 nitrogen and oxygen atoms in total. The topological polar surface area (TPSA) is 20.2 Å².